The molecule has 30 heavy (non-hydrogen) atoms. The lowest BCUT2D eigenvalue weighted by Gasteiger charge is -2.27. The maximum absolute atomic E-state index is 13.7. The average molecular weight is 440 g/mol. The van der Waals surface area contributed by atoms with Gasteiger partial charge in [0.25, 0.3) is 0 Å². The van der Waals surface area contributed by atoms with Gasteiger partial charge in [-0.3, -0.25) is 0 Å². The Morgan fingerprint density at radius 1 is 1.23 bits per heavy atom. The first kappa shape index (κ1) is 22.3. The fourth-order valence-electron chi connectivity index (χ4n) is 3.02. The van der Waals surface area contributed by atoms with Crippen LogP contribution in [-0.2, 0) is 10.7 Å². The van der Waals surface area contributed by atoms with E-state index in [0.29, 0.717) is 16.2 Å². The van der Waals surface area contributed by atoms with E-state index in [2.05, 4.69) is 20.3 Å². The molecule has 10 heteroatoms. The highest BCUT2D eigenvalue weighted by Crippen LogP contribution is 2.41. The fraction of sp³-hybridized carbons (Fsp3) is 0.400. The quantitative estimate of drug-likeness (QED) is 0.510. The summed E-state index contributed by atoms with van der Waals surface area (Å²) >= 11 is 0. The normalized spacial score (nSPS) is 14.2. The first-order valence-electron chi connectivity index (χ1n) is 9.28. The molecular formula is C20H24F3N4O2P. The predicted octanol–water partition coefficient (Wildman–Crippen LogP) is 4.46. The van der Waals surface area contributed by atoms with Crippen molar-refractivity contribution in [3.8, 4) is 11.3 Å². The molecule has 0 spiro atoms. The van der Waals surface area contributed by atoms with Crippen LogP contribution in [0.5, 0.6) is 0 Å². The van der Waals surface area contributed by atoms with Crippen LogP contribution in [0, 0.1) is 0 Å². The molecule has 0 saturated heterocycles. The molecule has 0 aliphatic heterocycles. The van der Waals surface area contributed by atoms with Gasteiger partial charge in [0.15, 0.2) is 0 Å². The van der Waals surface area contributed by atoms with Crippen molar-refractivity contribution < 1.29 is 22.8 Å². The molecule has 1 atom stereocenters. The van der Waals surface area contributed by atoms with Crippen molar-refractivity contribution >= 4 is 29.3 Å². The zero-order chi connectivity index (χ0) is 22.5. The molecule has 162 valence electrons. The second kappa shape index (κ2) is 7.39. The van der Waals surface area contributed by atoms with Gasteiger partial charge in [-0.2, -0.15) is 13.2 Å². The van der Waals surface area contributed by atoms with Crippen molar-refractivity contribution in [1.82, 2.24) is 15.0 Å². The van der Waals surface area contributed by atoms with E-state index in [9.17, 15) is 22.8 Å². The van der Waals surface area contributed by atoms with E-state index in [0.717, 1.165) is 6.20 Å². The molecule has 3 N–H and O–H groups in total. The van der Waals surface area contributed by atoms with E-state index in [4.69, 9.17) is 0 Å². The third-order valence-electron chi connectivity index (χ3n) is 5.03. The number of nitrogens with one attached hydrogen (secondary N) is 2. The van der Waals surface area contributed by atoms with Gasteiger partial charge in [0.1, 0.15) is 12.7 Å². The van der Waals surface area contributed by atoms with Gasteiger partial charge in [-0.1, -0.05) is 12.1 Å². The van der Waals surface area contributed by atoms with Gasteiger partial charge in [-0.15, -0.1) is 0 Å². The summed E-state index contributed by atoms with van der Waals surface area (Å²) in [5.41, 5.74) is -1.66. The number of hydrogen-bond acceptors (Lipinski definition) is 5. The van der Waals surface area contributed by atoms with Crippen molar-refractivity contribution in [2.75, 3.05) is 18.6 Å². The van der Waals surface area contributed by atoms with Crippen LogP contribution in [0.1, 0.15) is 26.3 Å². The van der Waals surface area contributed by atoms with Crippen LogP contribution in [0.4, 0.5) is 19.1 Å². The maximum Gasteiger partial charge on any atom is 0.419 e. The van der Waals surface area contributed by atoms with Crippen molar-refractivity contribution in [3.05, 3.63) is 36.2 Å². The van der Waals surface area contributed by atoms with E-state index < -0.39 is 30.5 Å². The number of hydrogen-bond donors (Lipinski definition) is 3. The summed E-state index contributed by atoms with van der Waals surface area (Å²) in [5, 5.41) is 14.0. The van der Waals surface area contributed by atoms with Gasteiger partial charge < -0.3 is 20.0 Å². The maximum atomic E-state index is 13.7. The number of rotatable bonds is 5. The Hall–Kier alpha value is -2.38. The molecule has 0 bridgehead atoms. The molecule has 0 unspecified atom stereocenters. The van der Waals surface area contributed by atoms with Gasteiger partial charge in [-0.05, 0) is 40.2 Å². The molecule has 3 rings (SSSR count). The Labute approximate surface area is 172 Å². The number of alkyl halides is 3. The average Bonchev–Trinajstić information content (AvgIpc) is 3.02. The first-order valence-corrected chi connectivity index (χ1v) is 11.9. The molecule has 0 saturated carbocycles. The number of H-pyrrole nitrogens is 1. The van der Waals surface area contributed by atoms with Crippen molar-refractivity contribution in [2.24, 2.45) is 0 Å². The topological polar surface area (TPSA) is 90.9 Å². The van der Waals surface area contributed by atoms with Crippen LogP contribution in [0.25, 0.3) is 22.2 Å². The predicted molar refractivity (Wildman–Crippen MR) is 113 cm³/mol. The molecule has 2 aromatic heterocycles. The van der Waals surface area contributed by atoms with Crippen LogP contribution in [0.2, 0.25) is 0 Å². The number of benzene rings is 1. The Morgan fingerprint density at radius 3 is 2.47 bits per heavy atom. The number of halogens is 3. The largest absolute Gasteiger partial charge is 0.419 e. The highest BCUT2D eigenvalue weighted by Gasteiger charge is 2.36. The fourth-order valence-corrected chi connectivity index (χ4v) is 4.19. The Bertz CT molecular complexity index is 1130. The second-order valence-electron chi connectivity index (χ2n) is 8.23. The molecule has 0 fully saturated rings. The molecule has 6 nitrogen and oxygen atoms in total. The lowest BCUT2D eigenvalue weighted by atomic mass is 10.0. The number of aromatic nitrogens is 3. The Kier molecular flexibility index (Phi) is 5.50. The van der Waals surface area contributed by atoms with E-state index in [-0.39, 0.29) is 17.2 Å². The number of fused-ring (bicyclic) bond motifs is 1. The van der Waals surface area contributed by atoms with Crippen LogP contribution < -0.4 is 10.6 Å². The van der Waals surface area contributed by atoms with E-state index in [1.165, 1.54) is 6.20 Å². The summed E-state index contributed by atoms with van der Waals surface area (Å²) in [6, 6.07) is 4.52. The molecule has 3 aromatic rings. The lowest BCUT2D eigenvalue weighted by molar-refractivity contribution is -0.137. The van der Waals surface area contributed by atoms with E-state index in [1.807, 2.05) is 0 Å². The molecule has 0 aliphatic carbocycles. The molecule has 2 heterocycles. The SMILES string of the molecule is C[C@H](Nc1ncc(C(F)(F)F)c(-c2c[nH]c3c(P(C)(C)=O)cccc23)n1)C(C)(C)O. The minimum absolute atomic E-state index is 0.0326. The third-order valence-corrected chi connectivity index (χ3v) is 6.56. The Morgan fingerprint density at radius 2 is 1.90 bits per heavy atom. The van der Waals surface area contributed by atoms with Crippen LogP contribution in [0.15, 0.2) is 30.6 Å². The standard InChI is InChI=1S/C20H24F3N4O2P/c1-11(19(2,3)28)26-18-25-10-14(20(21,22)23)16(27-18)13-9-24-17-12(13)7-6-8-15(17)30(4,5)29/h6-11,24,28H,1-5H3,(H,25,26,27)/t11-/m0/s1. The highest BCUT2D eigenvalue weighted by molar-refractivity contribution is 7.70. The lowest BCUT2D eigenvalue weighted by Crippen LogP contribution is -2.39. The second-order valence-corrected chi connectivity index (χ2v) is 11.4. The number of aromatic amines is 1. The van der Waals surface area contributed by atoms with Gasteiger partial charge >= 0.3 is 6.18 Å². The Balaban J connectivity index is 2.21. The first-order chi connectivity index (χ1) is 13.7. The zero-order valence-corrected chi connectivity index (χ0v) is 18.2. The minimum atomic E-state index is -4.66. The third kappa shape index (κ3) is 4.37. The summed E-state index contributed by atoms with van der Waals surface area (Å²) < 4.78 is 53.7. The summed E-state index contributed by atoms with van der Waals surface area (Å²) in [6.45, 7) is 8.04. The highest BCUT2D eigenvalue weighted by atomic mass is 31.2. The summed E-state index contributed by atoms with van der Waals surface area (Å²) in [6.07, 6.45) is -2.50. The molecule has 0 radical (unpaired) electrons. The summed E-state index contributed by atoms with van der Waals surface area (Å²) in [5.74, 6) is -0.0326. The molecule has 1 aromatic carbocycles. The minimum Gasteiger partial charge on any atom is -0.388 e. The van der Waals surface area contributed by atoms with Gasteiger partial charge in [-0.25, -0.2) is 9.97 Å². The van der Waals surface area contributed by atoms with E-state index >= 15 is 0 Å². The number of anilines is 1. The summed E-state index contributed by atoms with van der Waals surface area (Å²) in [4.78, 5) is 10.9. The number of nitrogens with zero attached hydrogens (tertiary/aromatic N) is 2. The molecule has 0 amide bonds. The van der Waals surface area contributed by atoms with Gasteiger partial charge in [0.2, 0.25) is 5.95 Å². The number of para-hydroxylation sites is 1. The smallest absolute Gasteiger partial charge is 0.388 e. The zero-order valence-electron chi connectivity index (χ0n) is 17.3. The van der Waals surface area contributed by atoms with Crippen LogP contribution in [-0.4, -0.2) is 45.0 Å². The molecule has 0 aliphatic rings. The van der Waals surface area contributed by atoms with Crippen LogP contribution in [0.3, 0.4) is 0 Å². The van der Waals surface area contributed by atoms with Gasteiger partial charge in [0.05, 0.1) is 22.9 Å². The number of aliphatic hydroxyl groups is 1. The van der Waals surface area contributed by atoms with E-state index in [1.54, 1.807) is 52.3 Å². The molecular weight excluding hydrogens is 416 g/mol. The van der Waals surface area contributed by atoms with Crippen molar-refractivity contribution in [1.29, 1.82) is 0 Å². The monoisotopic (exact) mass is 440 g/mol. The van der Waals surface area contributed by atoms with Gasteiger partial charge in [0, 0.05) is 28.6 Å². The summed E-state index contributed by atoms with van der Waals surface area (Å²) in [7, 11) is -2.66. The van der Waals surface area contributed by atoms with Crippen molar-refractivity contribution in [3.63, 3.8) is 0 Å². The van der Waals surface area contributed by atoms with Crippen LogP contribution >= 0.6 is 7.14 Å². The van der Waals surface area contributed by atoms with Crippen molar-refractivity contribution in [2.45, 2.75) is 38.6 Å².